The third-order valence-corrected chi connectivity index (χ3v) is 7.38. The van der Waals surface area contributed by atoms with Gasteiger partial charge in [0.05, 0.1) is 25.0 Å². The van der Waals surface area contributed by atoms with Gasteiger partial charge in [-0.3, -0.25) is 4.79 Å². The average Bonchev–Trinajstić information content (AvgIpc) is 3.11. The number of hydrogen-bond acceptors (Lipinski definition) is 5. The second-order valence-electron chi connectivity index (χ2n) is 8.74. The molecular formula is C22H32N2O5S. The van der Waals surface area contributed by atoms with Crippen LogP contribution in [-0.2, 0) is 19.6 Å². The number of benzene rings is 1. The summed E-state index contributed by atoms with van der Waals surface area (Å²) in [5.41, 5.74) is 1.18. The van der Waals surface area contributed by atoms with Gasteiger partial charge in [0, 0.05) is 12.6 Å². The first-order valence-electron chi connectivity index (χ1n) is 11.0. The van der Waals surface area contributed by atoms with Crippen molar-refractivity contribution < 1.29 is 22.7 Å². The first kappa shape index (κ1) is 21.6. The largest absolute Gasteiger partial charge is 0.480 e. The van der Waals surface area contributed by atoms with Crippen molar-refractivity contribution in [3.05, 3.63) is 29.8 Å². The third-order valence-electron chi connectivity index (χ3n) is 6.65. The fourth-order valence-corrected chi connectivity index (χ4v) is 5.92. The highest BCUT2D eigenvalue weighted by Gasteiger charge is 2.42. The molecule has 1 aromatic carbocycles. The number of rotatable bonds is 3. The van der Waals surface area contributed by atoms with Gasteiger partial charge < -0.3 is 14.4 Å². The Morgan fingerprint density at radius 1 is 1.13 bits per heavy atom. The molecule has 3 heterocycles. The second kappa shape index (κ2) is 8.85. The Labute approximate surface area is 179 Å². The number of carbonyl (C=O) groups excluding carboxylic acids is 1. The monoisotopic (exact) mass is 436 g/mol. The fraction of sp³-hybridized carbons (Fsp3) is 0.682. The zero-order valence-corrected chi connectivity index (χ0v) is 18.6. The van der Waals surface area contributed by atoms with Crippen LogP contribution in [0.2, 0.25) is 0 Å². The lowest BCUT2D eigenvalue weighted by atomic mass is 9.82. The molecule has 0 spiro atoms. The van der Waals surface area contributed by atoms with Gasteiger partial charge in [-0.25, -0.2) is 13.1 Å². The SMILES string of the molecule is CC[C@@H]1Oc2ccccc2C2CCC(CC2)OC[C@H]2[C@@H](NS(C)(=O)=O)CCN2C1=O. The van der Waals surface area contributed by atoms with Gasteiger partial charge in [0.15, 0.2) is 6.10 Å². The molecule has 2 fully saturated rings. The summed E-state index contributed by atoms with van der Waals surface area (Å²) < 4.78 is 39.0. The van der Waals surface area contributed by atoms with Gasteiger partial charge in [0.2, 0.25) is 10.0 Å². The fourth-order valence-electron chi connectivity index (χ4n) is 5.09. The molecular weight excluding hydrogens is 404 g/mol. The minimum absolute atomic E-state index is 0.0923. The van der Waals surface area contributed by atoms with E-state index in [1.165, 1.54) is 5.56 Å². The Hall–Kier alpha value is -1.64. The summed E-state index contributed by atoms with van der Waals surface area (Å²) in [5, 5.41) is 0. The summed E-state index contributed by atoms with van der Waals surface area (Å²) in [6.07, 6.45) is 5.80. The standard InChI is InChI=1S/C22H32N2O5S/c1-3-20-22(25)24-13-12-18(23-30(2,26)27)19(24)14-28-16-10-8-15(9-11-16)17-6-4-5-7-21(17)29-20/h4-7,15-16,18-20,23H,3,8-14H2,1-2H3/t15?,16?,18-,19-,20-/m0/s1. The molecule has 2 bridgehead atoms. The summed E-state index contributed by atoms with van der Waals surface area (Å²) in [5.74, 6) is 1.11. The number of amides is 1. The van der Waals surface area contributed by atoms with Crippen LogP contribution >= 0.6 is 0 Å². The van der Waals surface area contributed by atoms with Crippen LogP contribution in [0.5, 0.6) is 5.75 Å². The van der Waals surface area contributed by atoms with Crippen molar-refractivity contribution in [2.45, 2.75) is 75.7 Å². The third kappa shape index (κ3) is 4.65. The van der Waals surface area contributed by atoms with Crippen molar-refractivity contribution in [3.63, 3.8) is 0 Å². The normalized spacial score (nSPS) is 32.4. The van der Waals surface area contributed by atoms with Crippen LogP contribution in [0.4, 0.5) is 0 Å². The Balaban J connectivity index is 1.66. The number of ether oxygens (including phenoxy) is 2. The number of fused-ring (bicyclic) bond motifs is 5. The van der Waals surface area contributed by atoms with Crippen molar-refractivity contribution in [2.24, 2.45) is 0 Å². The number of hydrogen-bond donors (Lipinski definition) is 1. The molecule has 30 heavy (non-hydrogen) atoms. The van der Waals surface area contributed by atoms with E-state index in [9.17, 15) is 13.2 Å². The molecule has 7 nitrogen and oxygen atoms in total. The predicted molar refractivity (Wildman–Crippen MR) is 114 cm³/mol. The van der Waals surface area contributed by atoms with E-state index >= 15 is 0 Å². The number of sulfonamides is 1. The van der Waals surface area contributed by atoms with Crippen LogP contribution < -0.4 is 9.46 Å². The van der Waals surface area contributed by atoms with E-state index in [4.69, 9.17) is 9.47 Å². The quantitative estimate of drug-likeness (QED) is 0.787. The minimum atomic E-state index is -3.38. The molecule has 4 aliphatic rings. The van der Waals surface area contributed by atoms with E-state index in [1.54, 1.807) is 4.90 Å². The molecule has 1 N–H and O–H groups in total. The molecule has 1 aromatic rings. The van der Waals surface area contributed by atoms with Gasteiger partial charge in [-0.15, -0.1) is 0 Å². The highest BCUT2D eigenvalue weighted by Crippen LogP contribution is 2.39. The highest BCUT2D eigenvalue weighted by molar-refractivity contribution is 7.88. The van der Waals surface area contributed by atoms with Crippen molar-refractivity contribution >= 4 is 15.9 Å². The summed E-state index contributed by atoms with van der Waals surface area (Å²) in [6, 6.07) is 7.40. The summed E-state index contributed by atoms with van der Waals surface area (Å²) >= 11 is 0. The van der Waals surface area contributed by atoms with E-state index in [2.05, 4.69) is 10.8 Å². The zero-order valence-electron chi connectivity index (χ0n) is 17.7. The number of carbonyl (C=O) groups is 1. The smallest absolute Gasteiger partial charge is 0.264 e. The molecule has 0 unspecified atom stereocenters. The first-order chi connectivity index (χ1) is 14.4. The Kier molecular flexibility index (Phi) is 6.36. The molecule has 1 amide bonds. The van der Waals surface area contributed by atoms with Crippen molar-refractivity contribution in [1.82, 2.24) is 9.62 Å². The Morgan fingerprint density at radius 2 is 1.87 bits per heavy atom. The minimum Gasteiger partial charge on any atom is -0.480 e. The van der Waals surface area contributed by atoms with Crippen LogP contribution in [-0.4, -0.2) is 62.9 Å². The topological polar surface area (TPSA) is 84.9 Å². The molecule has 1 aliphatic carbocycles. The lowest BCUT2D eigenvalue weighted by molar-refractivity contribution is -0.141. The van der Waals surface area contributed by atoms with Gasteiger partial charge >= 0.3 is 0 Å². The van der Waals surface area contributed by atoms with Crippen LogP contribution in [0.1, 0.15) is 56.9 Å². The lowest BCUT2D eigenvalue weighted by Gasteiger charge is -2.32. The molecule has 8 heteroatoms. The van der Waals surface area contributed by atoms with Crippen molar-refractivity contribution in [3.8, 4) is 5.75 Å². The second-order valence-corrected chi connectivity index (χ2v) is 10.5. The van der Waals surface area contributed by atoms with Crippen molar-refractivity contribution in [2.75, 3.05) is 19.4 Å². The van der Waals surface area contributed by atoms with E-state index in [-0.39, 0.29) is 24.1 Å². The molecule has 0 radical (unpaired) electrons. The molecule has 3 aliphatic heterocycles. The maximum atomic E-state index is 13.4. The van der Waals surface area contributed by atoms with Gasteiger partial charge in [-0.1, -0.05) is 25.1 Å². The van der Waals surface area contributed by atoms with E-state index in [0.717, 1.165) is 37.7 Å². The summed E-state index contributed by atoms with van der Waals surface area (Å²) in [4.78, 5) is 15.2. The number of para-hydroxylation sites is 1. The molecule has 1 saturated carbocycles. The summed E-state index contributed by atoms with van der Waals surface area (Å²) in [6.45, 7) is 2.79. The van der Waals surface area contributed by atoms with Crippen LogP contribution in [0, 0.1) is 0 Å². The van der Waals surface area contributed by atoms with E-state index < -0.39 is 16.1 Å². The van der Waals surface area contributed by atoms with Crippen LogP contribution in [0.25, 0.3) is 0 Å². The maximum absolute atomic E-state index is 13.4. The Morgan fingerprint density at radius 3 is 2.57 bits per heavy atom. The average molecular weight is 437 g/mol. The molecule has 3 atom stereocenters. The van der Waals surface area contributed by atoms with Gasteiger partial charge in [-0.05, 0) is 56.1 Å². The number of nitrogens with one attached hydrogen (secondary N) is 1. The van der Waals surface area contributed by atoms with Crippen LogP contribution in [0.3, 0.4) is 0 Å². The Bertz CT molecular complexity index is 866. The lowest BCUT2D eigenvalue weighted by Crippen LogP contribution is -2.52. The summed E-state index contributed by atoms with van der Waals surface area (Å²) in [7, 11) is -3.38. The molecule has 166 valence electrons. The van der Waals surface area contributed by atoms with Gasteiger partial charge in [0.25, 0.3) is 5.91 Å². The molecule has 5 rings (SSSR count). The van der Waals surface area contributed by atoms with Gasteiger partial charge in [0.1, 0.15) is 5.75 Å². The zero-order chi connectivity index (χ0) is 21.3. The van der Waals surface area contributed by atoms with Crippen LogP contribution in [0.15, 0.2) is 24.3 Å². The highest BCUT2D eigenvalue weighted by atomic mass is 32.2. The molecule has 1 saturated heterocycles. The van der Waals surface area contributed by atoms with Crippen molar-refractivity contribution in [1.29, 1.82) is 0 Å². The van der Waals surface area contributed by atoms with E-state index in [0.29, 0.717) is 31.9 Å². The van der Waals surface area contributed by atoms with Gasteiger partial charge in [-0.2, -0.15) is 0 Å². The predicted octanol–water partition coefficient (Wildman–Crippen LogP) is 2.42. The maximum Gasteiger partial charge on any atom is 0.264 e. The van der Waals surface area contributed by atoms with E-state index in [1.807, 2.05) is 25.1 Å². The first-order valence-corrected chi connectivity index (χ1v) is 12.9. The number of nitrogens with zero attached hydrogens (tertiary/aromatic N) is 1. The molecule has 0 aromatic heterocycles.